The topological polar surface area (TPSA) is 96.4 Å². The molecule has 0 saturated carbocycles. The van der Waals surface area contributed by atoms with Crippen molar-refractivity contribution in [3.63, 3.8) is 0 Å². The zero-order chi connectivity index (χ0) is 27.2. The van der Waals surface area contributed by atoms with Crippen LogP contribution in [-0.2, 0) is 23.9 Å². The van der Waals surface area contributed by atoms with Crippen LogP contribution in [0.2, 0.25) is 0 Å². The highest BCUT2D eigenvalue weighted by Crippen LogP contribution is 2.59. The van der Waals surface area contributed by atoms with E-state index in [1.165, 1.54) is 0 Å². The molecule has 6 atom stereocenters. The lowest BCUT2D eigenvalue weighted by Gasteiger charge is -2.46. The van der Waals surface area contributed by atoms with Crippen molar-refractivity contribution in [2.24, 2.45) is 23.2 Å². The minimum atomic E-state index is -1.12. The van der Waals surface area contributed by atoms with E-state index < -0.39 is 47.1 Å². The zero-order valence-electron chi connectivity index (χ0n) is 23.4. The van der Waals surface area contributed by atoms with E-state index in [1.54, 1.807) is 22.8 Å². The monoisotopic (exact) mass is 506 g/mol. The number of amides is 2. The van der Waals surface area contributed by atoms with E-state index in [0.29, 0.717) is 19.4 Å². The second kappa shape index (κ2) is 10.1. The summed E-state index contributed by atoms with van der Waals surface area (Å²) in [6.07, 6.45) is 3.09. The summed E-state index contributed by atoms with van der Waals surface area (Å²) < 4.78 is 11.8. The number of hydrogen-bond acceptors (Lipinski definition) is 6. The van der Waals surface area contributed by atoms with Crippen LogP contribution in [0.15, 0.2) is 12.7 Å². The highest BCUT2D eigenvalue weighted by atomic mass is 16.6. The Bertz CT molecular complexity index is 878. The molecule has 0 aromatic heterocycles. The van der Waals surface area contributed by atoms with E-state index in [4.69, 9.17) is 9.47 Å². The fourth-order valence-corrected chi connectivity index (χ4v) is 7.16. The van der Waals surface area contributed by atoms with Crippen molar-refractivity contribution in [2.75, 3.05) is 19.8 Å². The lowest BCUT2D eigenvalue weighted by molar-refractivity contribution is -0.158. The van der Waals surface area contributed by atoms with Crippen LogP contribution < -0.4 is 0 Å². The SMILES string of the molecule is C=CCN(C(=O)C1N([C@@H](CO)C(C)C)C(=O)[C@@H]2[C@H](C(=O)OCC)[C@@H]3CCC12O3)C(C)(C)CC(C)(C)C. The quantitative estimate of drug-likeness (QED) is 0.361. The second-order valence-electron chi connectivity index (χ2n) is 12.8. The molecule has 0 radical (unpaired) electrons. The smallest absolute Gasteiger partial charge is 0.312 e. The van der Waals surface area contributed by atoms with E-state index in [2.05, 4.69) is 27.4 Å². The third-order valence-corrected chi connectivity index (χ3v) is 8.12. The van der Waals surface area contributed by atoms with Gasteiger partial charge in [-0.05, 0) is 51.4 Å². The van der Waals surface area contributed by atoms with Crippen molar-refractivity contribution in [3.8, 4) is 0 Å². The van der Waals surface area contributed by atoms with Crippen LogP contribution in [-0.4, -0.2) is 81.8 Å². The first kappa shape index (κ1) is 28.6. The number of hydrogen-bond donors (Lipinski definition) is 1. The molecule has 2 bridgehead atoms. The Morgan fingerprint density at radius 3 is 2.44 bits per heavy atom. The van der Waals surface area contributed by atoms with E-state index in [1.807, 2.05) is 27.7 Å². The summed E-state index contributed by atoms with van der Waals surface area (Å²) in [6, 6.07) is -1.51. The molecule has 0 aromatic rings. The number of carbonyl (C=O) groups is 3. The number of rotatable bonds is 10. The normalized spacial score (nSPS) is 30.5. The van der Waals surface area contributed by atoms with Gasteiger partial charge in [-0.25, -0.2) is 0 Å². The minimum Gasteiger partial charge on any atom is -0.466 e. The molecule has 8 nitrogen and oxygen atoms in total. The summed E-state index contributed by atoms with van der Waals surface area (Å²) in [5.74, 6) is -2.60. The van der Waals surface area contributed by atoms with Crippen molar-refractivity contribution < 1.29 is 29.0 Å². The maximum atomic E-state index is 14.6. The first-order valence-corrected chi connectivity index (χ1v) is 13.4. The lowest BCUT2D eigenvalue weighted by Crippen LogP contribution is -2.63. The van der Waals surface area contributed by atoms with Crippen LogP contribution in [0.3, 0.4) is 0 Å². The van der Waals surface area contributed by atoms with E-state index in [0.717, 1.165) is 6.42 Å². The number of fused-ring (bicyclic) bond motifs is 1. The number of carbonyl (C=O) groups excluding carboxylic acids is 3. The molecular formula is C28H46N2O6. The van der Waals surface area contributed by atoms with Gasteiger partial charge in [-0.15, -0.1) is 6.58 Å². The maximum Gasteiger partial charge on any atom is 0.312 e. The Hall–Kier alpha value is -1.93. The van der Waals surface area contributed by atoms with Gasteiger partial charge < -0.3 is 24.4 Å². The Morgan fingerprint density at radius 1 is 1.31 bits per heavy atom. The first-order chi connectivity index (χ1) is 16.7. The maximum absolute atomic E-state index is 14.6. The highest BCUT2D eigenvalue weighted by molar-refractivity contribution is 5.98. The van der Waals surface area contributed by atoms with Crippen molar-refractivity contribution in [3.05, 3.63) is 12.7 Å². The molecule has 0 aliphatic carbocycles. The molecule has 204 valence electrons. The van der Waals surface area contributed by atoms with Crippen molar-refractivity contribution >= 4 is 17.8 Å². The number of aliphatic hydroxyl groups is 1. The number of nitrogens with zero attached hydrogens (tertiary/aromatic N) is 2. The standard InChI is InChI=1S/C28H46N2O6/c1-10-14-29(27(8,9)16-26(5,6)7)24(33)22-28-13-12-19(36-28)20(25(34)35-11-2)21(28)23(32)30(22)18(15-31)17(3)4/h10,17-22,31H,1,11-16H2,2-9H3/t18-,19-,20+,21-,22?,28?/m0/s1. The summed E-state index contributed by atoms with van der Waals surface area (Å²) in [5, 5.41) is 10.4. The Kier molecular flexibility index (Phi) is 8.02. The molecule has 1 N–H and O–H groups in total. The summed E-state index contributed by atoms with van der Waals surface area (Å²) in [6.45, 7) is 20.2. The molecule has 3 rings (SSSR count). The Balaban J connectivity index is 2.14. The molecule has 3 aliphatic rings. The van der Waals surface area contributed by atoms with Crippen molar-refractivity contribution in [1.82, 2.24) is 9.80 Å². The second-order valence-corrected chi connectivity index (χ2v) is 12.8. The summed E-state index contributed by atoms with van der Waals surface area (Å²) in [7, 11) is 0. The van der Waals surface area contributed by atoms with E-state index >= 15 is 0 Å². The number of ether oxygens (including phenoxy) is 2. The van der Waals surface area contributed by atoms with Gasteiger partial charge in [0.05, 0.1) is 37.2 Å². The van der Waals surface area contributed by atoms with Gasteiger partial charge in [0.1, 0.15) is 11.6 Å². The third-order valence-electron chi connectivity index (χ3n) is 8.12. The molecule has 36 heavy (non-hydrogen) atoms. The summed E-state index contributed by atoms with van der Waals surface area (Å²) in [4.78, 5) is 45.1. The van der Waals surface area contributed by atoms with Gasteiger partial charge >= 0.3 is 5.97 Å². The van der Waals surface area contributed by atoms with Crippen LogP contribution in [0.1, 0.15) is 74.7 Å². The summed E-state index contributed by atoms with van der Waals surface area (Å²) in [5.41, 5.74) is -1.69. The van der Waals surface area contributed by atoms with Crippen LogP contribution in [0.5, 0.6) is 0 Å². The fourth-order valence-electron chi connectivity index (χ4n) is 7.16. The van der Waals surface area contributed by atoms with Crippen LogP contribution in [0.4, 0.5) is 0 Å². The fraction of sp³-hybridized carbons (Fsp3) is 0.821. The number of aliphatic hydroxyl groups excluding tert-OH is 1. The third kappa shape index (κ3) is 4.71. The molecule has 2 unspecified atom stereocenters. The largest absolute Gasteiger partial charge is 0.466 e. The van der Waals surface area contributed by atoms with Crippen molar-refractivity contribution in [2.45, 2.75) is 104 Å². The predicted molar refractivity (Wildman–Crippen MR) is 137 cm³/mol. The summed E-state index contributed by atoms with van der Waals surface area (Å²) >= 11 is 0. The minimum absolute atomic E-state index is 0.0436. The van der Waals surface area contributed by atoms with Gasteiger partial charge in [0.2, 0.25) is 11.8 Å². The molecule has 2 amide bonds. The molecule has 3 fully saturated rings. The molecule has 3 aliphatic heterocycles. The Labute approximate surface area is 216 Å². The average Bonchev–Trinajstić information content (AvgIpc) is 3.38. The zero-order valence-corrected chi connectivity index (χ0v) is 23.4. The van der Waals surface area contributed by atoms with Gasteiger partial charge in [-0.3, -0.25) is 14.4 Å². The Morgan fingerprint density at radius 2 is 1.94 bits per heavy atom. The van der Waals surface area contributed by atoms with E-state index in [9.17, 15) is 19.5 Å². The van der Waals surface area contributed by atoms with Gasteiger partial charge in [-0.2, -0.15) is 0 Å². The van der Waals surface area contributed by atoms with Gasteiger partial charge in [-0.1, -0.05) is 40.7 Å². The lowest BCUT2D eigenvalue weighted by atomic mass is 9.70. The molecular weight excluding hydrogens is 460 g/mol. The number of esters is 1. The van der Waals surface area contributed by atoms with Crippen LogP contribution >= 0.6 is 0 Å². The van der Waals surface area contributed by atoms with Crippen LogP contribution in [0, 0.1) is 23.2 Å². The molecule has 8 heteroatoms. The number of likely N-dealkylation sites (tertiary alicyclic amines) is 1. The predicted octanol–water partition coefficient (Wildman–Crippen LogP) is 3.17. The highest BCUT2D eigenvalue weighted by Gasteiger charge is 2.76. The molecule has 3 heterocycles. The van der Waals surface area contributed by atoms with Gasteiger partial charge in [0.25, 0.3) is 0 Å². The van der Waals surface area contributed by atoms with Gasteiger partial charge in [0, 0.05) is 12.1 Å². The van der Waals surface area contributed by atoms with Crippen molar-refractivity contribution in [1.29, 1.82) is 0 Å². The first-order valence-electron chi connectivity index (χ1n) is 13.4. The van der Waals surface area contributed by atoms with Gasteiger partial charge in [0.15, 0.2) is 0 Å². The van der Waals surface area contributed by atoms with Crippen LogP contribution in [0.25, 0.3) is 0 Å². The molecule has 1 spiro atoms. The molecule has 0 aromatic carbocycles. The average molecular weight is 507 g/mol. The van der Waals surface area contributed by atoms with E-state index in [-0.39, 0.29) is 36.4 Å². The molecule has 3 saturated heterocycles.